The summed E-state index contributed by atoms with van der Waals surface area (Å²) < 4.78 is 0. The first-order valence-electron chi connectivity index (χ1n) is 9.87. The zero-order valence-corrected chi connectivity index (χ0v) is 17.1. The zero-order valence-electron chi connectivity index (χ0n) is 17.1. The molecule has 1 aliphatic rings. The lowest BCUT2D eigenvalue weighted by Crippen LogP contribution is -2.55. The normalized spacial score (nSPS) is 14.5. The van der Waals surface area contributed by atoms with E-state index < -0.39 is 11.8 Å². The highest BCUT2D eigenvalue weighted by Gasteiger charge is 2.33. The van der Waals surface area contributed by atoms with Gasteiger partial charge in [-0.1, -0.05) is 42.0 Å². The van der Waals surface area contributed by atoms with E-state index in [9.17, 15) is 14.4 Å². The van der Waals surface area contributed by atoms with Gasteiger partial charge >= 0.3 is 11.8 Å². The summed E-state index contributed by atoms with van der Waals surface area (Å²) in [6.45, 7) is 7.73. The number of aryl methyl sites for hydroxylation is 1. The van der Waals surface area contributed by atoms with Gasteiger partial charge in [-0.2, -0.15) is 0 Å². The van der Waals surface area contributed by atoms with Gasteiger partial charge < -0.3 is 15.1 Å². The van der Waals surface area contributed by atoms with Crippen LogP contribution < -0.4 is 5.32 Å². The summed E-state index contributed by atoms with van der Waals surface area (Å²) in [5.74, 6) is -1.06. The lowest BCUT2D eigenvalue weighted by Gasteiger charge is -2.36. The number of hydrogen-bond donors (Lipinski definition) is 1. The van der Waals surface area contributed by atoms with E-state index in [0.29, 0.717) is 31.7 Å². The molecule has 6 heteroatoms. The van der Waals surface area contributed by atoms with Crippen LogP contribution in [-0.4, -0.2) is 46.7 Å². The molecule has 1 fully saturated rings. The average molecular weight is 393 g/mol. The van der Waals surface area contributed by atoms with Crippen molar-refractivity contribution >= 4 is 17.7 Å². The summed E-state index contributed by atoms with van der Waals surface area (Å²) >= 11 is 0. The van der Waals surface area contributed by atoms with Crippen LogP contribution in [-0.2, 0) is 22.7 Å². The Morgan fingerprint density at radius 2 is 1.55 bits per heavy atom. The Bertz CT molecular complexity index is 889. The Kier molecular flexibility index (Phi) is 6.32. The zero-order chi connectivity index (χ0) is 21.0. The van der Waals surface area contributed by atoms with Crippen molar-refractivity contribution in [1.29, 1.82) is 0 Å². The Balaban J connectivity index is 1.56. The molecule has 0 saturated carbocycles. The second kappa shape index (κ2) is 8.90. The molecule has 0 radical (unpaired) electrons. The van der Waals surface area contributed by atoms with Crippen LogP contribution in [0.5, 0.6) is 0 Å². The summed E-state index contributed by atoms with van der Waals surface area (Å²) in [5, 5.41) is 2.91. The fourth-order valence-electron chi connectivity index (χ4n) is 3.31. The number of carbonyl (C=O) groups is 3. The van der Waals surface area contributed by atoms with Crippen LogP contribution in [0.25, 0.3) is 0 Å². The van der Waals surface area contributed by atoms with Crippen LogP contribution in [0.3, 0.4) is 0 Å². The van der Waals surface area contributed by atoms with Crippen molar-refractivity contribution in [3.05, 3.63) is 70.8 Å². The summed E-state index contributed by atoms with van der Waals surface area (Å²) in [5.41, 5.74) is 3.68. The van der Waals surface area contributed by atoms with Crippen LogP contribution in [0.4, 0.5) is 0 Å². The molecule has 1 aliphatic heterocycles. The van der Waals surface area contributed by atoms with E-state index in [1.54, 1.807) is 21.9 Å². The Labute approximate surface area is 171 Å². The number of hydrogen-bond acceptors (Lipinski definition) is 3. The minimum Gasteiger partial charge on any atom is -0.348 e. The molecular weight excluding hydrogens is 366 g/mol. The summed E-state index contributed by atoms with van der Waals surface area (Å²) in [6.07, 6.45) is 0. The van der Waals surface area contributed by atoms with Crippen molar-refractivity contribution in [2.45, 2.75) is 39.9 Å². The highest BCUT2D eigenvalue weighted by Crippen LogP contribution is 2.14. The SMILES string of the molecule is Cc1ccc(CNC(=O)c2ccc(CN3CCN(C(C)C)C(=O)C3=O)cc2)cc1. The van der Waals surface area contributed by atoms with Gasteiger partial charge in [0.05, 0.1) is 0 Å². The molecular formula is C23H27N3O3. The Hall–Kier alpha value is -3.15. The summed E-state index contributed by atoms with van der Waals surface area (Å²) in [4.78, 5) is 40.0. The fourth-order valence-corrected chi connectivity index (χ4v) is 3.31. The number of nitrogens with zero attached hydrogens (tertiary/aromatic N) is 2. The van der Waals surface area contributed by atoms with E-state index in [1.165, 1.54) is 5.56 Å². The first-order chi connectivity index (χ1) is 13.8. The molecule has 2 aromatic rings. The lowest BCUT2D eigenvalue weighted by atomic mass is 10.1. The first-order valence-corrected chi connectivity index (χ1v) is 9.87. The molecule has 0 aromatic heterocycles. The molecule has 3 rings (SSSR count). The van der Waals surface area contributed by atoms with Crippen LogP contribution in [0.2, 0.25) is 0 Å². The predicted octanol–water partition coefficient (Wildman–Crippen LogP) is 2.50. The highest BCUT2D eigenvalue weighted by atomic mass is 16.2. The van der Waals surface area contributed by atoms with E-state index in [0.717, 1.165) is 11.1 Å². The van der Waals surface area contributed by atoms with Crippen molar-refractivity contribution in [3.63, 3.8) is 0 Å². The van der Waals surface area contributed by atoms with Crippen molar-refractivity contribution in [2.75, 3.05) is 13.1 Å². The number of rotatable bonds is 6. The number of nitrogens with one attached hydrogen (secondary N) is 1. The quantitative estimate of drug-likeness (QED) is 0.767. The third-order valence-corrected chi connectivity index (χ3v) is 5.13. The molecule has 0 unspecified atom stereocenters. The molecule has 0 bridgehead atoms. The number of piperazine rings is 1. The Morgan fingerprint density at radius 1 is 0.931 bits per heavy atom. The van der Waals surface area contributed by atoms with Gasteiger partial charge in [-0.05, 0) is 44.0 Å². The number of benzene rings is 2. The monoisotopic (exact) mass is 393 g/mol. The topological polar surface area (TPSA) is 69.7 Å². The summed E-state index contributed by atoms with van der Waals surface area (Å²) in [7, 11) is 0. The predicted molar refractivity (Wildman–Crippen MR) is 111 cm³/mol. The molecule has 3 amide bonds. The van der Waals surface area contributed by atoms with Gasteiger partial charge in [0, 0.05) is 37.8 Å². The van der Waals surface area contributed by atoms with E-state index >= 15 is 0 Å². The molecule has 152 valence electrons. The second-order valence-corrected chi connectivity index (χ2v) is 7.68. The van der Waals surface area contributed by atoms with Gasteiger partial charge in [0.1, 0.15) is 0 Å². The highest BCUT2D eigenvalue weighted by molar-refractivity contribution is 6.35. The van der Waals surface area contributed by atoms with E-state index in [4.69, 9.17) is 0 Å². The van der Waals surface area contributed by atoms with Gasteiger partial charge in [-0.25, -0.2) is 0 Å². The number of carbonyl (C=O) groups excluding carboxylic acids is 3. The lowest BCUT2D eigenvalue weighted by molar-refractivity contribution is -0.157. The van der Waals surface area contributed by atoms with Gasteiger partial charge in [-0.15, -0.1) is 0 Å². The average Bonchev–Trinajstić information content (AvgIpc) is 2.71. The maximum absolute atomic E-state index is 12.4. The minimum absolute atomic E-state index is 0.0197. The van der Waals surface area contributed by atoms with Gasteiger partial charge in [-0.3, -0.25) is 14.4 Å². The van der Waals surface area contributed by atoms with E-state index in [1.807, 2.05) is 57.2 Å². The molecule has 0 spiro atoms. The molecule has 29 heavy (non-hydrogen) atoms. The molecule has 1 saturated heterocycles. The number of amides is 3. The third kappa shape index (κ3) is 5.02. The smallest absolute Gasteiger partial charge is 0.312 e. The fraction of sp³-hybridized carbons (Fsp3) is 0.348. The molecule has 0 aliphatic carbocycles. The maximum Gasteiger partial charge on any atom is 0.312 e. The third-order valence-electron chi connectivity index (χ3n) is 5.13. The van der Waals surface area contributed by atoms with Gasteiger partial charge in [0.2, 0.25) is 0 Å². The molecule has 0 atom stereocenters. The van der Waals surface area contributed by atoms with Crippen LogP contribution >= 0.6 is 0 Å². The van der Waals surface area contributed by atoms with E-state index in [-0.39, 0.29) is 11.9 Å². The molecule has 1 heterocycles. The van der Waals surface area contributed by atoms with Crippen LogP contribution in [0.15, 0.2) is 48.5 Å². The molecule has 2 aromatic carbocycles. The van der Waals surface area contributed by atoms with Crippen molar-refractivity contribution in [2.24, 2.45) is 0 Å². The van der Waals surface area contributed by atoms with Crippen molar-refractivity contribution in [1.82, 2.24) is 15.1 Å². The van der Waals surface area contributed by atoms with Crippen molar-refractivity contribution < 1.29 is 14.4 Å². The summed E-state index contributed by atoms with van der Waals surface area (Å²) in [6, 6.07) is 15.2. The minimum atomic E-state index is -0.468. The van der Waals surface area contributed by atoms with Gasteiger partial charge in [0.25, 0.3) is 5.91 Å². The Morgan fingerprint density at radius 3 is 2.17 bits per heavy atom. The van der Waals surface area contributed by atoms with Crippen LogP contribution in [0, 0.1) is 6.92 Å². The second-order valence-electron chi connectivity index (χ2n) is 7.68. The first kappa shape index (κ1) is 20.6. The van der Waals surface area contributed by atoms with Crippen molar-refractivity contribution in [3.8, 4) is 0 Å². The largest absolute Gasteiger partial charge is 0.348 e. The maximum atomic E-state index is 12.4. The molecule has 1 N–H and O–H groups in total. The molecule has 6 nitrogen and oxygen atoms in total. The van der Waals surface area contributed by atoms with Gasteiger partial charge in [0.15, 0.2) is 0 Å². The van der Waals surface area contributed by atoms with E-state index in [2.05, 4.69) is 5.32 Å². The van der Waals surface area contributed by atoms with Crippen LogP contribution in [0.1, 0.15) is 40.9 Å². The standard InChI is InChI=1S/C23H27N3O3/c1-16(2)26-13-12-25(22(28)23(26)29)15-19-8-10-20(11-9-19)21(27)24-14-18-6-4-17(3)5-7-18/h4-11,16H,12-15H2,1-3H3,(H,24,27).